The van der Waals surface area contributed by atoms with Crippen molar-refractivity contribution >= 4 is 11.8 Å². The van der Waals surface area contributed by atoms with Crippen LogP contribution in [-0.4, -0.2) is 41.5 Å². The number of alkyl halides is 3. The predicted molar refractivity (Wildman–Crippen MR) is 67.9 cm³/mol. The third-order valence-corrected chi connectivity index (χ3v) is 3.49. The smallest absolute Gasteiger partial charge is 0.305 e. The average molecular weight is 294 g/mol. The van der Waals surface area contributed by atoms with Gasteiger partial charge in [0.25, 0.3) is 0 Å². The summed E-state index contributed by atoms with van der Waals surface area (Å²) in [6.07, 6.45) is -3.79. The molecule has 0 bridgehead atoms. The third-order valence-electron chi connectivity index (χ3n) is 3.49. The first-order valence-electron chi connectivity index (χ1n) is 6.92. The summed E-state index contributed by atoms with van der Waals surface area (Å²) in [6, 6.07) is -0.714. The minimum Gasteiger partial charge on any atom is -0.305 e. The number of nitrogens with zero attached hydrogens (tertiary/aromatic N) is 1. The SMILES string of the molecule is CCC(C)N1C(=O)CC(NCCCCC(F)(F)F)C1=O. The summed E-state index contributed by atoms with van der Waals surface area (Å²) in [6.45, 7) is 4.01. The number of carbonyl (C=O) groups is 2. The molecule has 1 aliphatic rings. The number of halogens is 3. The van der Waals surface area contributed by atoms with Crippen molar-refractivity contribution in [3.63, 3.8) is 0 Å². The minimum absolute atomic E-state index is 0.0282. The van der Waals surface area contributed by atoms with E-state index in [2.05, 4.69) is 5.32 Å². The fourth-order valence-electron chi connectivity index (χ4n) is 2.18. The van der Waals surface area contributed by atoms with Gasteiger partial charge in [0.05, 0.1) is 12.5 Å². The number of hydrogen-bond acceptors (Lipinski definition) is 3. The summed E-state index contributed by atoms with van der Waals surface area (Å²) < 4.78 is 35.9. The van der Waals surface area contributed by atoms with E-state index in [1.165, 1.54) is 4.90 Å². The number of rotatable bonds is 7. The molecule has 0 aromatic carbocycles. The molecule has 1 N–H and O–H groups in total. The zero-order chi connectivity index (χ0) is 15.3. The molecular weight excluding hydrogens is 273 g/mol. The van der Waals surface area contributed by atoms with Crippen LogP contribution in [0.1, 0.15) is 46.0 Å². The normalized spacial score (nSPS) is 21.6. The average Bonchev–Trinajstić information content (AvgIpc) is 2.62. The van der Waals surface area contributed by atoms with E-state index >= 15 is 0 Å². The Hall–Kier alpha value is -1.11. The summed E-state index contributed by atoms with van der Waals surface area (Å²) in [5, 5.41) is 2.88. The molecule has 1 fully saturated rings. The highest BCUT2D eigenvalue weighted by molar-refractivity contribution is 6.05. The van der Waals surface area contributed by atoms with E-state index in [4.69, 9.17) is 0 Å². The zero-order valence-corrected chi connectivity index (χ0v) is 11.8. The Morgan fingerprint density at radius 1 is 1.35 bits per heavy atom. The van der Waals surface area contributed by atoms with Crippen molar-refractivity contribution in [2.24, 2.45) is 0 Å². The number of nitrogens with one attached hydrogen (secondary N) is 1. The van der Waals surface area contributed by atoms with Gasteiger partial charge < -0.3 is 5.32 Å². The molecule has 0 spiro atoms. The first kappa shape index (κ1) is 16.9. The van der Waals surface area contributed by atoms with Crippen LogP contribution < -0.4 is 5.32 Å². The minimum atomic E-state index is -4.13. The van der Waals surface area contributed by atoms with Crippen molar-refractivity contribution in [3.8, 4) is 0 Å². The van der Waals surface area contributed by atoms with Gasteiger partial charge in [0.1, 0.15) is 0 Å². The van der Waals surface area contributed by atoms with Crippen LogP contribution >= 0.6 is 0 Å². The molecule has 0 aromatic heterocycles. The van der Waals surface area contributed by atoms with Crippen LogP contribution in [0.25, 0.3) is 0 Å². The molecule has 1 heterocycles. The van der Waals surface area contributed by atoms with E-state index in [0.29, 0.717) is 19.4 Å². The highest BCUT2D eigenvalue weighted by Gasteiger charge is 2.40. The molecule has 1 rings (SSSR count). The maximum absolute atomic E-state index is 12.0. The number of amides is 2. The van der Waals surface area contributed by atoms with Crippen molar-refractivity contribution in [2.75, 3.05) is 6.54 Å². The van der Waals surface area contributed by atoms with Crippen molar-refractivity contribution in [2.45, 2.75) is 64.2 Å². The van der Waals surface area contributed by atoms with Crippen LogP contribution in [0.4, 0.5) is 13.2 Å². The Labute approximate surface area is 116 Å². The second kappa shape index (κ2) is 7.06. The summed E-state index contributed by atoms with van der Waals surface area (Å²) >= 11 is 0. The van der Waals surface area contributed by atoms with Gasteiger partial charge in [0.2, 0.25) is 11.8 Å². The highest BCUT2D eigenvalue weighted by Crippen LogP contribution is 2.22. The third kappa shape index (κ3) is 4.77. The van der Waals surface area contributed by atoms with Crippen LogP contribution in [0.15, 0.2) is 0 Å². The van der Waals surface area contributed by atoms with Crippen molar-refractivity contribution < 1.29 is 22.8 Å². The lowest BCUT2D eigenvalue weighted by atomic mass is 10.2. The van der Waals surface area contributed by atoms with Crippen molar-refractivity contribution in [1.82, 2.24) is 10.2 Å². The molecule has 0 saturated carbocycles. The first-order valence-corrected chi connectivity index (χ1v) is 6.92. The lowest BCUT2D eigenvalue weighted by Crippen LogP contribution is -2.42. The van der Waals surface area contributed by atoms with Crippen molar-refractivity contribution in [1.29, 1.82) is 0 Å². The van der Waals surface area contributed by atoms with E-state index in [9.17, 15) is 22.8 Å². The second-order valence-corrected chi connectivity index (χ2v) is 5.14. The molecule has 0 aromatic rings. The first-order chi connectivity index (χ1) is 9.26. The molecule has 20 heavy (non-hydrogen) atoms. The topological polar surface area (TPSA) is 49.4 Å². The Bertz CT molecular complexity index is 358. The highest BCUT2D eigenvalue weighted by atomic mass is 19.4. The number of unbranched alkanes of at least 4 members (excludes halogenated alkanes) is 1. The van der Waals surface area contributed by atoms with Gasteiger partial charge in [-0.25, -0.2) is 0 Å². The summed E-state index contributed by atoms with van der Waals surface area (Å²) in [4.78, 5) is 25.0. The molecule has 7 heteroatoms. The molecule has 116 valence electrons. The van der Waals surface area contributed by atoms with Crippen LogP contribution in [0, 0.1) is 0 Å². The number of hydrogen-bond donors (Lipinski definition) is 1. The molecular formula is C13H21F3N2O2. The van der Waals surface area contributed by atoms with Gasteiger partial charge in [-0.2, -0.15) is 13.2 Å². The molecule has 1 aliphatic heterocycles. The predicted octanol–water partition coefficient (Wildman–Crippen LogP) is 2.23. The lowest BCUT2D eigenvalue weighted by Gasteiger charge is -2.21. The fourth-order valence-corrected chi connectivity index (χ4v) is 2.18. The largest absolute Gasteiger partial charge is 0.389 e. The summed E-state index contributed by atoms with van der Waals surface area (Å²) in [5.41, 5.74) is 0. The monoisotopic (exact) mass is 294 g/mol. The summed E-state index contributed by atoms with van der Waals surface area (Å²) in [7, 11) is 0. The Morgan fingerprint density at radius 2 is 2.00 bits per heavy atom. The maximum atomic E-state index is 12.0. The standard InChI is InChI=1S/C13H21F3N2O2/c1-3-9(2)18-11(19)8-10(12(18)20)17-7-5-4-6-13(14,15)16/h9-10,17H,3-8H2,1-2H3. The van der Waals surface area contributed by atoms with Crippen LogP contribution in [0.5, 0.6) is 0 Å². The molecule has 0 aliphatic carbocycles. The van der Waals surface area contributed by atoms with Gasteiger partial charge in [-0.05, 0) is 32.7 Å². The van der Waals surface area contributed by atoms with E-state index in [-0.39, 0.29) is 30.7 Å². The molecule has 2 amide bonds. The molecule has 2 atom stereocenters. The summed E-state index contributed by atoms with van der Waals surface area (Å²) in [5.74, 6) is -0.475. The number of likely N-dealkylation sites (tertiary alicyclic amines) is 1. The van der Waals surface area contributed by atoms with Gasteiger partial charge in [-0.15, -0.1) is 0 Å². The van der Waals surface area contributed by atoms with Crippen molar-refractivity contribution in [3.05, 3.63) is 0 Å². The Balaban J connectivity index is 2.32. The molecule has 4 nitrogen and oxygen atoms in total. The van der Waals surface area contributed by atoms with E-state index < -0.39 is 18.6 Å². The van der Waals surface area contributed by atoms with Gasteiger partial charge in [-0.1, -0.05) is 6.92 Å². The zero-order valence-electron chi connectivity index (χ0n) is 11.8. The van der Waals surface area contributed by atoms with E-state index in [1.807, 2.05) is 13.8 Å². The van der Waals surface area contributed by atoms with E-state index in [0.717, 1.165) is 0 Å². The van der Waals surface area contributed by atoms with Gasteiger partial charge in [0.15, 0.2) is 0 Å². The number of carbonyl (C=O) groups excluding carboxylic acids is 2. The molecule has 0 radical (unpaired) electrons. The number of imide groups is 1. The maximum Gasteiger partial charge on any atom is 0.389 e. The Morgan fingerprint density at radius 3 is 2.55 bits per heavy atom. The fraction of sp³-hybridized carbons (Fsp3) is 0.846. The quantitative estimate of drug-likeness (QED) is 0.578. The van der Waals surface area contributed by atoms with Gasteiger partial charge in [0, 0.05) is 12.5 Å². The van der Waals surface area contributed by atoms with Gasteiger partial charge in [-0.3, -0.25) is 14.5 Å². The van der Waals surface area contributed by atoms with Gasteiger partial charge >= 0.3 is 6.18 Å². The lowest BCUT2D eigenvalue weighted by molar-refractivity contribution is -0.141. The second-order valence-electron chi connectivity index (χ2n) is 5.14. The molecule has 1 saturated heterocycles. The molecule has 2 unspecified atom stereocenters. The van der Waals surface area contributed by atoms with Crippen LogP contribution in [0.2, 0.25) is 0 Å². The Kier molecular flexibility index (Phi) is 5.98. The van der Waals surface area contributed by atoms with Crippen LogP contribution in [-0.2, 0) is 9.59 Å². The van der Waals surface area contributed by atoms with Crippen LogP contribution in [0.3, 0.4) is 0 Å². The van der Waals surface area contributed by atoms with E-state index in [1.54, 1.807) is 0 Å².